The molecule has 2 rings (SSSR count). The molecule has 0 aliphatic carbocycles. The molecular weight excluding hydrogens is 342 g/mol. The van der Waals surface area contributed by atoms with Crippen molar-refractivity contribution >= 4 is 27.5 Å². The Morgan fingerprint density at radius 2 is 1.64 bits per heavy atom. The number of nitrogens with two attached hydrogens (primary N) is 1. The van der Waals surface area contributed by atoms with Crippen LogP contribution >= 0.6 is 0 Å². The summed E-state index contributed by atoms with van der Waals surface area (Å²) in [7, 11) is -3.65. The molecule has 0 spiro atoms. The van der Waals surface area contributed by atoms with Gasteiger partial charge in [0.25, 0.3) is 0 Å². The summed E-state index contributed by atoms with van der Waals surface area (Å²) in [6, 6.07) is 13.8. The first-order valence-electron chi connectivity index (χ1n) is 7.78. The summed E-state index contributed by atoms with van der Waals surface area (Å²) in [5.41, 5.74) is 2.57. The number of ether oxygens (including phenoxy) is 1. The summed E-state index contributed by atoms with van der Waals surface area (Å²) in [4.78, 5) is 11.4. The highest BCUT2D eigenvalue weighted by Crippen LogP contribution is 2.14. The molecule has 0 unspecified atom stereocenters. The minimum atomic E-state index is -3.65. The fourth-order valence-electron chi connectivity index (χ4n) is 2.15. The van der Waals surface area contributed by atoms with Crippen LogP contribution in [-0.2, 0) is 21.2 Å². The second kappa shape index (κ2) is 8.50. The van der Waals surface area contributed by atoms with Crippen molar-refractivity contribution in [3.8, 4) is 0 Å². The third kappa shape index (κ3) is 6.09. The van der Waals surface area contributed by atoms with E-state index in [0.717, 1.165) is 17.7 Å². The van der Waals surface area contributed by atoms with Crippen molar-refractivity contribution in [2.45, 2.75) is 18.2 Å². The molecule has 0 heterocycles. The van der Waals surface area contributed by atoms with Gasteiger partial charge >= 0.3 is 6.09 Å². The van der Waals surface area contributed by atoms with Gasteiger partial charge in [0.1, 0.15) is 0 Å². The first kappa shape index (κ1) is 18.8. The Morgan fingerprint density at radius 3 is 2.20 bits per heavy atom. The predicted molar refractivity (Wildman–Crippen MR) is 97.1 cm³/mol. The van der Waals surface area contributed by atoms with Crippen molar-refractivity contribution in [1.29, 1.82) is 0 Å². The van der Waals surface area contributed by atoms with Crippen molar-refractivity contribution in [1.82, 2.24) is 0 Å². The molecule has 0 saturated heterocycles. The van der Waals surface area contributed by atoms with E-state index < -0.39 is 16.1 Å². The molecule has 0 radical (unpaired) electrons. The SMILES string of the molecule is CCOC(=O)Nc1ccc(NCCc2ccc(S(N)(=O)=O)cc2)cc1. The van der Waals surface area contributed by atoms with Gasteiger partial charge < -0.3 is 10.1 Å². The number of carbonyl (C=O) groups is 1. The maximum absolute atomic E-state index is 11.3. The zero-order valence-corrected chi connectivity index (χ0v) is 14.7. The molecule has 134 valence electrons. The molecule has 0 aromatic heterocycles. The smallest absolute Gasteiger partial charge is 0.411 e. The molecule has 0 aliphatic heterocycles. The minimum Gasteiger partial charge on any atom is -0.450 e. The second-order valence-corrected chi connectivity index (χ2v) is 6.85. The van der Waals surface area contributed by atoms with Gasteiger partial charge in [-0.15, -0.1) is 0 Å². The number of hydrogen-bond donors (Lipinski definition) is 3. The van der Waals surface area contributed by atoms with E-state index in [9.17, 15) is 13.2 Å². The predicted octanol–water partition coefficient (Wildman–Crippen LogP) is 2.56. The number of hydrogen-bond acceptors (Lipinski definition) is 5. The van der Waals surface area contributed by atoms with Crippen LogP contribution in [0.3, 0.4) is 0 Å². The molecule has 0 bridgehead atoms. The van der Waals surface area contributed by atoms with Crippen LogP contribution in [0.5, 0.6) is 0 Å². The van der Waals surface area contributed by atoms with Gasteiger partial charge in [-0.1, -0.05) is 12.1 Å². The molecule has 0 fully saturated rings. The Bertz CT molecular complexity index is 803. The standard InChI is InChI=1S/C17H21N3O4S/c1-2-24-17(21)20-15-7-5-14(6-8-15)19-12-11-13-3-9-16(10-4-13)25(18,22)23/h3-10,19H,2,11-12H2,1H3,(H,20,21)(H2,18,22,23). The fourth-order valence-corrected chi connectivity index (χ4v) is 2.67. The molecule has 0 aliphatic rings. The number of rotatable bonds is 7. The number of benzene rings is 2. The van der Waals surface area contributed by atoms with Crippen LogP contribution in [0.25, 0.3) is 0 Å². The number of amides is 1. The number of sulfonamides is 1. The Kier molecular flexibility index (Phi) is 6.37. The van der Waals surface area contributed by atoms with E-state index in [-0.39, 0.29) is 4.90 Å². The van der Waals surface area contributed by atoms with Crippen LogP contribution in [0.1, 0.15) is 12.5 Å². The fraction of sp³-hybridized carbons (Fsp3) is 0.235. The van der Waals surface area contributed by atoms with Crippen LogP contribution < -0.4 is 15.8 Å². The molecule has 8 heteroatoms. The zero-order valence-electron chi connectivity index (χ0n) is 13.9. The van der Waals surface area contributed by atoms with E-state index in [1.165, 1.54) is 12.1 Å². The van der Waals surface area contributed by atoms with Crippen LogP contribution in [0.4, 0.5) is 16.2 Å². The lowest BCUT2D eigenvalue weighted by atomic mass is 10.1. The normalized spacial score (nSPS) is 11.0. The molecule has 0 atom stereocenters. The quantitative estimate of drug-likeness (QED) is 0.700. The van der Waals surface area contributed by atoms with Crippen molar-refractivity contribution in [2.24, 2.45) is 5.14 Å². The number of primary sulfonamides is 1. The van der Waals surface area contributed by atoms with E-state index >= 15 is 0 Å². The van der Waals surface area contributed by atoms with Gasteiger partial charge in [0.05, 0.1) is 11.5 Å². The van der Waals surface area contributed by atoms with E-state index in [0.29, 0.717) is 18.8 Å². The van der Waals surface area contributed by atoms with E-state index in [1.54, 1.807) is 31.2 Å². The monoisotopic (exact) mass is 363 g/mol. The highest BCUT2D eigenvalue weighted by molar-refractivity contribution is 7.89. The molecule has 25 heavy (non-hydrogen) atoms. The minimum absolute atomic E-state index is 0.105. The molecule has 0 saturated carbocycles. The Morgan fingerprint density at radius 1 is 1.04 bits per heavy atom. The summed E-state index contributed by atoms with van der Waals surface area (Å²) < 4.78 is 27.2. The Hall–Kier alpha value is -2.58. The van der Waals surface area contributed by atoms with Crippen LogP contribution in [0.15, 0.2) is 53.4 Å². The summed E-state index contributed by atoms with van der Waals surface area (Å²) in [6.45, 7) is 2.75. The van der Waals surface area contributed by atoms with Crippen LogP contribution in [0, 0.1) is 0 Å². The third-order valence-electron chi connectivity index (χ3n) is 3.40. The first-order valence-corrected chi connectivity index (χ1v) is 9.32. The third-order valence-corrected chi connectivity index (χ3v) is 4.33. The molecule has 2 aromatic rings. The van der Waals surface area contributed by atoms with Gasteiger partial charge in [-0.05, 0) is 55.3 Å². The second-order valence-electron chi connectivity index (χ2n) is 5.29. The lowest BCUT2D eigenvalue weighted by Gasteiger charge is -2.09. The molecular formula is C17H21N3O4S. The molecule has 1 amide bonds. The zero-order chi connectivity index (χ0) is 18.3. The van der Waals surface area contributed by atoms with E-state index in [1.807, 2.05) is 12.1 Å². The van der Waals surface area contributed by atoms with E-state index in [4.69, 9.17) is 9.88 Å². The van der Waals surface area contributed by atoms with Crippen molar-refractivity contribution in [2.75, 3.05) is 23.8 Å². The van der Waals surface area contributed by atoms with Crippen LogP contribution in [-0.4, -0.2) is 27.7 Å². The van der Waals surface area contributed by atoms with Gasteiger partial charge in [-0.3, -0.25) is 5.32 Å². The Balaban J connectivity index is 1.82. The average molecular weight is 363 g/mol. The summed E-state index contributed by atoms with van der Waals surface area (Å²) in [5.74, 6) is 0. The lowest BCUT2D eigenvalue weighted by Crippen LogP contribution is -2.13. The summed E-state index contributed by atoms with van der Waals surface area (Å²) in [6.07, 6.45) is 0.249. The first-order chi connectivity index (χ1) is 11.9. The number of carbonyl (C=O) groups excluding carboxylic acids is 1. The van der Waals surface area contributed by atoms with Crippen LogP contribution in [0.2, 0.25) is 0 Å². The highest BCUT2D eigenvalue weighted by Gasteiger charge is 2.06. The van der Waals surface area contributed by atoms with Gasteiger partial charge in [0.15, 0.2) is 0 Å². The van der Waals surface area contributed by atoms with Gasteiger partial charge in [-0.2, -0.15) is 0 Å². The largest absolute Gasteiger partial charge is 0.450 e. The topological polar surface area (TPSA) is 111 Å². The van der Waals surface area contributed by atoms with Gasteiger partial charge in [0, 0.05) is 17.9 Å². The number of anilines is 2. The maximum Gasteiger partial charge on any atom is 0.411 e. The summed E-state index contributed by atoms with van der Waals surface area (Å²) in [5, 5.41) is 10.9. The Labute approximate surface area is 147 Å². The van der Waals surface area contributed by atoms with E-state index in [2.05, 4.69) is 10.6 Å². The molecule has 4 N–H and O–H groups in total. The van der Waals surface area contributed by atoms with Gasteiger partial charge in [0.2, 0.25) is 10.0 Å². The lowest BCUT2D eigenvalue weighted by molar-refractivity contribution is 0.168. The van der Waals surface area contributed by atoms with Crippen molar-refractivity contribution in [3.05, 3.63) is 54.1 Å². The average Bonchev–Trinajstić information content (AvgIpc) is 2.56. The molecule has 7 nitrogen and oxygen atoms in total. The van der Waals surface area contributed by atoms with Crippen molar-refractivity contribution < 1.29 is 17.9 Å². The highest BCUT2D eigenvalue weighted by atomic mass is 32.2. The molecule has 2 aromatic carbocycles. The van der Waals surface area contributed by atoms with Gasteiger partial charge in [-0.25, -0.2) is 18.4 Å². The number of nitrogens with one attached hydrogen (secondary N) is 2. The summed E-state index contributed by atoms with van der Waals surface area (Å²) >= 11 is 0. The maximum atomic E-state index is 11.3. The van der Waals surface area contributed by atoms with Crippen molar-refractivity contribution in [3.63, 3.8) is 0 Å².